The van der Waals surface area contributed by atoms with Gasteiger partial charge in [-0.3, -0.25) is 9.59 Å². The zero-order chi connectivity index (χ0) is 39.5. The van der Waals surface area contributed by atoms with E-state index in [2.05, 4.69) is 24.5 Å². The van der Waals surface area contributed by atoms with Crippen molar-refractivity contribution in [1.29, 1.82) is 0 Å². The summed E-state index contributed by atoms with van der Waals surface area (Å²) < 4.78 is 11.4. The molecule has 2 N–H and O–H groups in total. The van der Waals surface area contributed by atoms with E-state index in [4.69, 9.17) is 9.47 Å². The molecule has 3 amide bonds. The second-order valence-electron chi connectivity index (χ2n) is 16.5. The lowest BCUT2D eigenvalue weighted by Crippen LogP contribution is -2.57. The van der Waals surface area contributed by atoms with Crippen LogP contribution in [0.25, 0.3) is 0 Å². The quantitative estimate of drug-likeness (QED) is 0.153. The molecule has 0 aliphatic carbocycles. The number of hydrogen-bond donors (Lipinski definition) is 2. The summed E-state index contributed by atoms with van der Waals surface area (Å²) in [6.07, 6.45) is 1.02. The molecule has 3 rings (SSSR count). The average molecular weight is 728 g/mol. The highest BCUT2D eigenvalue weighted by Crippen LogP contribution is 2.31. The maximum Gasteiger partial charge on any atom is 0.408 e. The molecular weight excluding hydrogens is 666 g/mol. The first kappa shape index (κ1) is 42.8. The predicted molar refractivity (Wildman–Crippen MR) is 210 cm³/mol. The van der Waals surface area contributed by atoms with Gasteiger partial charge in [-0.05, 0) is 103 Å². The minimum absolute atomic E-state index is 0.169. The standard InChI is InChI=1S/C44H61N3O6/c1-29(2)22-25-32(5)47(40(49)36(27-33-18-14-12-15-19-33)46-42(51)53-44(9,10)11)38(35-26-30(3)23-24-31(35)4)39(48)45-37(41(50)52-43(6,7)8)28-34-20-16-13-17-21-34/h12-21,23-24,26,29,32,36-38H,22,25,27-28H2,1-11H3,(H,45,48)(H,46,51). The first-order valence-corrected chi connectivity index (χ1v) is 18.7. The summed E-state index contributed by atoms with van der Waals surface area (Å²) in [6, 6.07) is 21.0. The Balaban J connectivity index is 2.22. The average Bonchev–Trinajstić information content (AvgIpc) is 3.05. The monoisotopic (exact) mass is 727 g/mol. The maximum absolute atomic E-state index is 15.2. The van der Waals surface area contributed by atoms with Crippen LogP contribution < -0.4 is 10.6 Å². The first-order chi connectivity index (χ1) is 24.7. The van der Waals surface area contributed by atoms with E-state index >= 15 is 9.59 Å². The lowest BCUT2D eigenvalue weighted by molar-refractivity contribution is -0.159. The smallest absolute Gasteiger partial charge is 0.408 e. The van der Waals surface area contributed by atoms with Crippen LogP contribution >= 0.6 is 0 Å². The highest BCUT2D eigenvalue weighted by molar-refractivity contribution is 5.94. The van der Waals surface area contributed by atoms with Gasteiger partial charge in [0.25, 0.3) is 0 Å². The summed E-state index contributed by atoms with van der Waals surface area (Å²) in [7, 11) is 0. The molecule has 0 aliphatic rings. The van der Waals surface area contributed by atoms with E-state index in [-0.39, 0.29) is 12.8 Å². The predicted octanol–water partition coefficient (Wildman–Crippen LogP) is 8.20. The van der Waals surface area contributed by atoms with Gasteiger partial charge in [0.1, 0.15) is 29.3 Å². The summed E-state index contributed by atoms with van der Waals surface area (Å²) >= 11 is 0. The molecule has 0 saturated heterocycles. The minimum atomic E-state index is -1.15. The molecule has 0 spiro atoms. The molecule has 0 aromatic heterocycles. The number of hydrogen-bond acceptors (Lipinski definition) is 6. The Kier molecular flexibility index (Phi) is 15.2. The Morgan fingerprint density at radius 3 is 1.72 bits per heavy atom. The fourth-order valence-corrected chi connectivity index (χ4v) is 6.13. The molecule has 3 aromatic carbocycles. The molecule has 3 aromatic rings. The van der Waals surface area contributed by atoms with E-state index in [1.807, 2.05) is 99.6 Å². The molecule has 0 fully saturated rings. The molecule has 0 radical (unpaired) electrons. The molecule has 0 saturated carbocycles. The topological polar surface area (TPSA) is 114 Å². The molecule has 9 heteroatoms. The van der Waals surface area contributed by atoms with Crippen molar-refractivity contribution in [3.63, 3.8) is 0 Å². The Labute approximate surface area is 317 Å². The number of alkyl carbamates (subject to hydrolysis) is 1. The molecule has 0 aliphatic heterocycles. The van der Waals surface area contributed by atoms with Gasteiger partial charge in [0.2, 0.25) is 11.8 Å². The van der Waals surface area contributed by atoms with Crippen LogP contribution in [0.4, 0.5) is 4.79 Å². The van der Waals surface area contributed by atoms with Crippen molar-refractivity contribution in [2.24, 2.45) is 5.92 Å². The van der Waals surface area contributed by atoms with Gasteiger partial charge < -0.3 is 25.0 Å². The number of nitrogens with one attached hydrogen (secondary N) is 2. The zero-order valence-electron chi connectivity index (χ0n) is 33.6. The van der Waals surface area contributed by atoms with Crippen LogP contribution in [0.15, 0.2) is 78.9 Å². The zero-order valence-corrected chi connectivity index (χ0v) is 33.6. The minimum Gasteiger partial charge on any atom is -0.458 e. The highest BCUT2D eigenvalue weighted by Gasteiger charge is 2.41. The van der Waals surface area contributed by atoms with E-state index in [0.717, 1.165) is 28.7 Å². The lowest BCUT2D eigenvalue weighted by Gasteiger charge is -2.40. The van der Waals surface area contributed by atoms with E-state index in [1.165, 1.54) is 0 Å². The van der Waals surface area contributed by atoms with Gasteiger partial charge >= 0.3 is 12.1 Å². The van der Waals surface area contributed by atoms with Gasteiger partial charge in [-0.2, -0.15) is 0 Å². The molecule has 9 nitrogen and oxygen atoms in total. The number of rotatable bonds is 15. The van der Waals surface area contributed by atoms with Gasteiger partial charge in [0, 0.05) is 18.9 Å². The van der Waals surface area contributed by atoms with Crippen molar-refractivity contribution in [3.8, 4) is 0 Å². The van der Waals surface area contributed by atoms with Crippen LogP contribution in [-0.2, 0) is 36.7 Å². The summed E-state index contributed by atoms with van der Waals surface area (Å²) in [6.45, 7) is 20.7. The lowest BCUT2D eigenvalue weighted by atomic mass is 9.92. The number of nitrogens with zero attached hydrogens (tertiary/aromatic N) is 1. The van der Waals surface area contributed by atoms with Crippen LogP contribution in [0.3, 0.4) is 0 Å². The molecule has 0 bridgehead atoms. The summed E-state index contributed by atoms with van der Waals surface area (Å²) in [5.74, 6) is -1.20. The van der Waals surface area contributed by atoms with Crippen LogP contribution in [0, 0.1) is 19.8 Å². The normalized spacial score (nSPS) is 14.0. The van der Waals surface area contributed by atoms with Gasteiger partial charge in [-0.25, -0.2) is 9.59 Å². The SMILES string of the molecule is Cc1ccc(C)c(C(C(=O)NC(Cc2ccccc2)C(=O)OC(C)(C)C)N(C(=O)C(Cc2ccccc2)NC(=O)OC(C)(C)C)C(C)CCC(C)C)c1. The molecule has 4 unspecified atom stereocenters. The Hall–Kier alpha value is -4.66. The Bertz CT molecular complexity index is 1660. The largest absolute Gasteiger partial charge is 0.458 e. The Morgan fingerprint density at radius 2 is 1.21 bits per heavy atom. The van der Waals surface area contributed by atoms with Crippen molar-refractivity contribution in [1.82, 2.24) is 15.5 Å². The number of carbonyl (C=O) groups excluding carboxylic acids is 4. The molecule has 4 atom stereocenters. The molecule has 288 valence electrons. The van der Waals surface area contributed by atoms with E-state index in [0.29, 0.717) is 17.9 Å². The number of benzene rings is 3. The number of aryl methyl sites for hydroxylation is 2. The fraction of sp³-hybridized carbons (Fsp3) is 0.500. The Morgan fingerprint density at radius 1 is 0.679 bits per heavy atom. The highest BCUT2D eigenvalue weighted by atomic mass is 16.6. The first-order valence-electron chi connectivity index (χ1n) is 18.7. The number of amides is 3. The molecule has 53 heavy (non-hydrogen) atoms. The van der Waals surface area contributed by atoms with E-state index < -0.39 is 59.2 Å². The van der Waals surface area contributed by atoms with Crippen molar-refractivity contribution in [2.45, 2.75) is 137 Å². The summed E-state index contributed by atoms with van der Waals surface area (Å²) in [4.78, 5) is 59.0. The van der Waals surface area contributed by atoms with Crippen LogP contribution in [-0.4, -0.2) is 58.1 Å². The van der Waals surface area contributed by atoms with Crippen LogP contribution in [0.5, 0.6) is 0 Å². The fourth-order valence-electron chi connectivity index (χ4n) is 6.13. The number of carbonyl (C=O) groups is 4. The van der Waals surface area contributed by atoms with Crippen molar-refractivity contribution >= 4 is 23.9 Å². The third-order valence-electron chi connectivity index (χ3n) is 8.71. The van der Waals surface area contributed by atoms with Crippen molar-refractivity contribution in [3.05, 3.63) is 107 Å². The third kappa shape index (κ3) is 14.0. The number of ether oxygens (including phenoxy) is 2. The van der Waals surface area contributed by atoms with E-state index in [1.54, 1.807) is 46.4 Å². The molecule has 0 heterocycles. The summed E-state index contributed by atoms with van der Waals surface area (Å²) in [5, 5.41) is 5.88. The van der Waals surface area contributed by atoms with Crippen LogP contribution in [0.1, 0.15) is 109 Å². The van der Waals surface area contributed by atoms with Gasteiger partial charge in [-0.1, -0.05) is 98.3 Å². The second kappa shape index (κ2) is 18.9. The third-order valence-corrected chi connectivity index (χ3v) is 8.71. The second-order valence-corrected chi connectivity index (χ2v) is 16.5. The number of esters is 1. The van der Waals surface area contributed by atoms with E-state index in [9.17, 15) is 9.59 Å². The maximum atomic E-state index is 15.2. The van der Waals surface area contributed by atoms with Gasteiger partial charge in [0.15, 0.2) is 0 Å². The van der Waals surface area contributed by atoms with Gasteiger partial charge in [-0.15, -0.1) is 0 Å². The summed E-state index contributed by atoms with van der Waals surface area (Å²) in [5.41, 5.74) is 2.42. The van der Waals surface area contributed by atoms with Crippen molar-refractivity contribution < 1.29 is 28.7 Å². The van der Waals surface area contributed by atoms with Gasteiger partial charge in [0.05, 0.1) is 0 Å². The van der Waals surface area contributed by atoms with Crippen molar-refractivity contribution in [2.75, 3.05) is 0 Å². The molecular formula is C44H61N3O6. The van der Waals surface area contributed by atoms with Crippen LogP contribution in [0.2, 0.25) is 0 Å².